The molecule has 9 heteroatoms. The zero-order valence-corrected chi connectivity index (χ0v) is 16.7. The van der Waals surface area contributed by atoms with Crippen molar-refractivity contribution in [3.63, 3.8) is 0 Å². The minimum atomic E-state index is -0.648. The number of morpholine rings is 1. The normalized spacial score (nSPS) is 17.8. The molecule has 4 rings (SSSR count). The Labute approximate surface area is 174 Å². The number of benzene rings is 1. The summed E-state index contributed by atoms with van der Waals surface area (Å²) in [5, 5.41) is 2.78. The van der Waals surface area contributed by atoms with Gasteiger partial charge in [0.05, 0.1) is 25.1 Å². The van der Waals surface area contributed by atoms with Crippen LogP contribution in [0, 0.1) is 17.6 Å². The molecule has 1 amide bonds. The van der Waals surface area contributed by atoms with Crippen molar-refractivity contribution in [2.75, 3.05) is 49.2 Å². The molecule has 3 heterocycles. The quantitative estimate of drug-likeness (QED) is 0.804. The predicted octanol–water partition coefficient (Wildman–Crippen LogP) is 2.12. The van der Waals surface area contributed by atoms with E-state index in [2.05, 4.69) is 25.1 Å². The largest absolute Gasteiger partial charge is 0.378 e. The lowest BCUT2D eigenvalue weighted by Gasteiger charge is -2.36. The molecule has 2 aliphatic rings. The van der Waals surface area contributed by atoms with Crippen molar-refractivity contribution in [1.29, 1.82) is 0 Å². The average molecular weight is 417 g/mol. The number of rotatable bonds is 5. The molecule has 1 N–H and O–H groups in total. The fraction of sp³-hybridized carbons (Fsp3) is 0.476. The van der Waals surface area contributed by atoms with E-state index < -0.39 is 11.6 Å². The fourth-order valence-electron chi connectivity index (χ4n) is 3.93. The second-order valence-corrected chi connectivity index (χ2v) is 7.55. The number of nitrogens with one attached hydrogen (secondary N) is 1. The standard InChI is InChI=1S/C21H25F2N5O2/c22-17-2-1-16(18(23)11-17)12-25-21(29)15-3-5-27(6-4-15)19-13-24-14-26-20(19)28-7-9-30-10-8-28/h1-2,11,13-15H,3-10,12H2,(H,25,29). The van der Waals surface area contributed by atoms with E-state index >= 15 is 0 Å². The number of halogens is 2. The summed E-state index contributed by atoms with van der Waals surface area (Å²) < 4.78 is 32.2. The van der Waals surface area contributed by atoms with Crippen LogP contribution in [0.25, 0.3) is 0 Å². The van der Waals surface area contributed by atoms with Gasteiger partial charge in [-0.2, -0.15) is 0 Å². The molecule has 30 heavy (non-hydrogen) atoms. The van der Waals surface area contributed by atoms with Gasteiger partial charge in [0.25, 0.3) is 0 Å². The smallest absolute Gasteiger partial charge is 0.223 e. The maximum atomic E-state index is 13.8. The third-order valence-corrected chi connectivity index (χ3v) is 5.66. The van der Waals surface area contributed by atoms with E-state index in [4.69, 9.17) is 4.74 Å². The fourth-order valence-corrected chi connectivity index (χ4v) is 3.93. The number of hydrogen-bond donors (Lipinski definition) is 1. The maximum absolute atomic E-state index is 13.8. The Hall–Kier alpha value is -2.81. The summed E-state index contributed by atoms with van der Waals surface area (Å²) in [7, 11) is 0. The van der Waals surface area contributed by atoms with Crippen molar-refractivity contribution in [2.45, 2.75) is 19.4 Å². The zero-order valence-electron chi connectivity index (χ0n) is 16.7. The van der Waals surface area contributed by atoms with Crippen molar-refractivity contribution < 1.29 is 18.3 Å². The lowest BCUT2D eigenvalue weighted by atomic mass is 9.95. The summed E-state index contributed by atoms with van der Waals surface area (Å²) in [6, 6.07) is 3.38. The average Bonchev–Trinajstić information content (AvgIpc) is 2.79. The Kier molecular flexibility index (Phi) is 6.37. The number of hydrogen-bond acceptors (Lipinski definition) is 6. The van der Waals surface area contributed by atoms with Gasteiger partial charge >= 0.3 is 0 Å². The summed E-state index contributed by atoms with van der Waals surface area (Å²) in [5.74, 6) is -0.610. The minimum absolute atomic E-state index is 0.0544. The van der Waals surface area contributed by atoms with E-state index in [9.17, 15) is 13.6 Å². The van der Waals surface area contributed by atoms with Crippen molar-refractivity contribution in [2.24, 2.45) is 5.92 Å². The molecule has 2 fully saturated rings. The summed E-state index contributed by atoms with van der Waals surface area (Å²) in [4.78, 5) is 25.6. The van der Waals surface area contributed by atoms with Gasteiger partial charge in [-0.15, -0.1) is 0 Å². The van der Waals surface area contributed by atoms with E-state index in [1.54, 1.807) is 6.33 Å². The van der Waals surface area contributed by atoms with E-state index in [-0.39, 0.29) is 23.9 Å². The van der Waals surface area contributed by atoms with Crippen LogP contribution < -0.4 is 15.1 Å². The van der Waals surface area contributed by atoms with Gasteiger partial charge < -0.3 is 19.9 Å². The van der Waals surface area contributed by atoms with Crippen LogP contribution in [0.2, 0.25) is 0 Å². The molecule has 0 spiro atoms. The first kappa shape index (κ1) is 20.5. The molecule has 1 aromatic carbocycles. The number of carbonyl (C=O) groups excluding carboxylic acids is 1. The molecule has 160 valence electrons. The Morgan fingerprint density at radius 2 is 1.90 bits per heavy atom. The number of aromatic nitrogens is 2. The lowest BCUT2D eigenvalue weighted by Crippen LogP contribution is -2.42. The van der Waals surface area contributed by atoms with Crippen molar-refractivity contribution in [3.8, 4) is 0 Å². The molecule has 0 saturated carbocycles. The maximum Gasteiger partial charge on any atom is 0.223 e. The minimum Gasteiger partial charge on any atom is -0.378 e. The van der Waals surface area contributed by atoms with Crippen molar-refractivity contribution in [1.82, 2.24) is 15.3 Å². The summed E-state index contributed by atoms with van der Waals surface area (Å²) in [6.45, 7) is 4.44. The van der Waals surface area contributed by atoms with Crippen LogP contribution in [0.3, 0.4) is 0 Å². The molecule has 2 saturated heterocycles. The first-order valence-electron chi connectivity index (χ1n) is 10.2. The molecular weight excluding hydrogens is 392 g/mol. The van der Waals surface area contributed by atoms with Gasteiger partial charge in [-0.1, -0.05) is 6.07 Å². The Balaban J connectivity index is 1.33. The summed E-state index contributed by atoms with van der Waals surface area (Å²) >= 11 is 0. The Morgan fingerprint density at radius 1 is 1.13 bits per heavy atom. The zero-order chi connectivity index (χ0) is 20.9. The third kappa shape index (κ3) is 4.67. The lowest BCUT2D eigenvalue weighted by molar-refractivity contribution is -0.125. The second-order valence-electron chi connectivity index (χ2n) is 7.55. The van der Waals surface area contributed by atoms with Crippen molar-refractivity contribution in [3.05, 3.63) is 47.9 Å². The molecule has 0 bridgehead atoms. The highest BCUT2D eigenvalue weighted by atomic mass is 19.1. The van der Waals surface area contributed by atoms with Crippen LogP contribution in [-0.2, 0) is 16.1 Å². The van der Waals surface area contributed by atoms with Gasteiger partial charge in [0.15, 0.2) is 5.82 Å². The Bertz CT molecular complexity index is 883. The van der Waals surface area contributed by atoms with Crippen LogP contribution in [0.15, 0.2) is 30.7 Å². The Morgan fingerprint density at radius 3 is 2.63 bits per heavy atom. The molecular formula is C21H25F2N5O2. The highest BCUT2D eigenvalue weighted by Gasteiger charge is 2.28. The molecule has 7 nitrogen and oxygen atoms in total. The topological polar surface area (TPSA) is 70.6 Å². The summed E-state index contributed by atoms with van der Waals surface area (Å²) in [6.07, 6.45) is 4.77. The van der Waals surface area contributed by atoms with Crippen LogP contribution in [0.1, 0.15) is 18.4 Å². The molecule has 0 radical (unpaired) electrons. The van der Waals surface area contributed by atoms with Gasteiger partial charge in [-0.25, -0.2) is 18.7 Å². The van der Waals surface area contributed by atoms with Gasteiger partial charge in [-0.05, 0) is 18.9 Å². The van der Waals surface area contributed by atoms with E-state index in [0.717, 1.165) is 30.7 Å². The number of carbonyl (C=O) groups is 1. The molecule has 0 aliphatic carbocycles. The highest BCUT2D eigenvalue weighted by Crippen LogP contribution is 2.30. The number of nitrogens with zero attached hydrogens (tertiary/aromatic N) is 4. The van der Waals surface area contributed by atoms with E-state index in [1.807, 2.05) is 6.20 Å². The van der Waals surface area contributed by atoms with Gasteiger partial charge in [0, 0.05) is 50.3 Å². The van der Waals surface area contributed by atoms with Gasteiger partial charge in [0.2, 0.25) is 5.91 Å². The molecule has 1 aromatic heterocycles. The van der Waals surface area contributed by atoms with Gasteiger partial charge in [-0.3, -0.25) is 4.79 Å². The number of ether oxygens (including phenoxy) is 1. The number of amides is 1. The number of piperidine rings is 1. The van der Waals surface area contributed by atoms with E-state index in [0.29, 0.717) is 39.1 Å². The van der Waals surface area contributed by atoms with Crippen LogP contribution in [-0.4, -0.2) is 55.3 Å². The predicted molar refractivity (Wildman–Crippen MR) is 108 cm³/mol. The molecule has 2 aromatic rings. The van der Waals surface area contributed by atoms with Crippen LogP contribution >= 0.6 is 0 Å². The molecule has 2 aliphatic heterocycles. The molecule has 0 unspecified atom stereocenters. The SMILES string of the molecule is O=C(NCc1ccc(F)cc1F)C1CCN(c2cncnc2N2CCOCC2)CC1. The first-order chi connectivity index (χ1) is 14.6. The van der Waals surface area contributed by atoms with Crippen LogP contribution in [0.4, 0.5) is 20.3 Å². The number of anilines is 2. The first-order valence-corrected chi connectivity index (χ1v) is 10.2. The molecule has 0 atom stereocenters. The van der Waals surface area contributed by atoms with Crippen molar-refractivity contribution >= 4 is 17.4 Å². The highest BCUT2D eigenvalue weighted by molar-refractivity contribution is 5.79. The van der Waals surface area contributed by atoms with E-state index in [1.165, 1.54) is 12.1 Å². The third-order valence-electron chi connectivity index (χ3n) is 5.66. The second kappa shape index (κ2) is 9.34. The van der Waals surface area contributed by atoms with Gasteiger partial charge in [0.1, 0.15) is 18.0 Å². The summed E-state index contributed by atoms with van der Waals surface area (Å²) in [5.41, 5.74) is 1.26. The monoisotopic (exact) mass is 417 g/mol. The van der Waals surface area contributed by atoms with Crippen LogP contribution in [0.5, 0.6) is 0 Å².